The number of nitrogens with one attached hydrogen (secondary N) is 2. The van der Waals surface area contributed by atoms with Gasteiger partial charge in [0, 0.05) is 25.2 Å². The molecule has 4 aromatic rings. The summed E-state index contributed by atoms with van der Waals surface area (Å²) in [7, 11) is -3.50. The molecule has 0 fully saturated rings. The number of benzene rings is 2. The second-order valence-corrected chi connectivity index (χ2v) is 10.4. The maximum atomic E-state index is 12.8. The van der Waals surface area contributed by atoms with Gasteiger partial charge in [0.1, 0.15) is 5.82 Å². The van der Waals surface area contributed by atoms with Gasteiger partial charge in [0.25, 0.3) is 0 Å². The summed E-state index contributed by atoms with van der Waals surface area (Å²) in [6.45, 7) is 6.60. The molecule has 0 spiro atoms. The third kappa shape index (κ3) is 4.74. The van der Waals surface area contributed by atoms with Gasteiger partial charge in [-0.2, -0.15) is 4.31 Å². The molecule has 0 bridgehead atoms. The van der Waals surface area contributed by atoms with Gasteiger partial charge in [0.05, 0.1) is 27.4 Å². The number of aromatic amines is 2. The monoisotopic (exact) mass is 469 g/mol. The number of aryl methyl sites for hydroxylation is 1. The Balaban J connectivity index is 1.48. The van der Waals surface area contributed by atoms with Gasteiger partial charge in [-0.3, -0.25) is 0 Å². The number of H-pyrrole nitrogens is 2. The van der Waals surface area contributed by atoms with E-state index < -0.39 is 10.0 Å². The maximum Gasteiger partial charge on any atom is 0.243 e. The molecular formula is C23H27N5O2S2. The number of thioether (sulfide) groups is 1. The average Bonchev–Trinajstić information content (AvgIpc) is 3.35. The molecule has 2 heterocycles. The van der Waals surface area contributed by atoms with Gasteiger partial charge in [-0.25, -0.2) is 18.4 Å². The standard InChI is InChI=1S/C23H27N5O2S2/c1-4-28(5-2)32(29,30)18-11-12-19-21(14-18)26-22(25-19)15-31-23-24-16(3)20(27-23)13-17-9-7-6-8-10-17/h6-12,14H,4-5,13,15H2,1-3H3,(H,24,27)(H,25,26). The summed E-state index contributed by atoms with van der Waals surface area (Å²) >= 11 is 1.57. The minimum Gasteiger partial charge on any atom is -0.341 e. The van der Waals surface area contributed by atoms with E-state index in [1.54, 1.807) is 30.0 Å². The third-order valence-corrected chi connectivity index (χ3v) is 8.30. The van der Waals surface area contributed by atoms with Crippen LogP contribution in [0.25, 0.3) is 11.0 Å². The average molecular weight is 470 g/mol. The highest BCUT2D eigenvalue weighted by atomic mass is 32.2. The molecule has 0 unspecified atom stereocenters. The van der Waals surface area contributed by atoms with Crippen LogP contribution in [0.4, 0.5) is 0 Å². The van der Waals surface area contributed by atoms with Crippen LogP contribution in [-0.2, 0) is 22.2 Å². The maximum absolute atomic E-state index is 12.8. The molecule has 0 aliphatic carbocycles. The molecule has 0 atom stereocenters. The van der Waals surface area contributed by atoms with E-state index in [0.29, 0.717) is 24.4 Å². The van der Waals surface area contributed by atoms with E-state index in [1.807, 2.05) is 39.0 Å². The predicted molar refractivity (Wildman–Crippen MR) is 128 cm³/mol. The van der Waals surface area contributed by atoms with Crippen molar-refractivity contribution in [1.29, 1.82) is 0 Å². The highest BCUT2D eigenvalue weighted by molar-refractivity contribution is 7.98. The van der Waals surface area contributed by atoms with Crippen LogP contribution in [-0.4, -0.2) is 45.7 Å². The van der Waals surface area contributed by atoms with Crippen molar-refractivity contribution in [3.8, 4) is 0 Å². The number of hydrogen-bond acceptors (Lipinski definition) is 5. The molecule has 0 aliphatic rings. The van der Waals surface area contributed by atoms with Gasteiger partial charge in [-0.1, -0.05) is 55.9 Å². The molecule has 2 aromatic heterocycles. The Morgan fingerprint density at radius 1 is 1.00 bits per heavy atom. The number of sulfonamides is 1. The fourth-order valence-corrected chi connectivity index (χ4v) is 5.91. The van der Waals surface area contributed by atoms with E-state index in [0.717, 1.165) is 34.3 Å². The second-order valence-electron chi connectivity index (χ2n) is 7.52. The zero-order valence-electron chi connectivity index (χ0n) is 18.4. The summed E-state index contributed by atoms with van der Waals surface area (Å²) in [6, 6.07) is 15.3. The molecule has 0 aliphatic heterocycles. The summed E-state index contributed by atoms with van der Waals surface area (Å²) in [5.74, 6) is 1.38. The molecule has 7 nitrogen and oxygen atoms in total. The number of imidazole rings is 2. The van der Waals surface area contributed by atoms with Gasteiger partial charge < -0.3 is 9.97 Å². The Bertz CT molecular complexity index is 1310. The van der Waals surface area contributed by atoms with Gasteiger partial charge in [-0.05, 0) is 30.7 Å². The van der Waals surface area contributed by atoms with Crippen LogP contribution < -0.4 is 0 Å². The number of rotatable bonds is 9. The molecule has 32 heavy (non-hydrogen) atoms. The van der Waals surface area contributed by atoms with E-state index in [9.17, 15) is 8.42 Å². The molecule has 9 heteroatoms. The van der Waals surface area contributed by atoms with Crippen LogP contribution in [0.1, 0.15) is 36.6 Å². The van der Waals surface area contributed by atoms with Crippen molar-refractivity contribution in [3.63, 3.8) is 0 Å². The van der Waals surface area contributed by atoms with Crippen LogP contribution in [0.15, 0.2) is 58.6 Å². The first-order chi connectivity index (χ1) is 15.4. The zero-order valence-corrected chi connectivity index (χ0v) is 20.1. The smallest absolute Gasteiger partial charge is 0.243 e. The van der Waals surface area contributed by atoms with Gasteiger partial charge in [0.15, 0.2) is 5.16 Å². The lowest BCUT2D eigenvalue weighted by molar-refractivity contribution is 0.445. The predicted octanol–water partition coefficient (Wildman–Crippen LogP) is 4.51. The second kappa shape index (κ2) is 9.48. The van der Waals surface area contributed by atoms with Crippen LogP contribution in [0, 0.1) is 6.92 Å². The number of aromatic nitrogens is 4. The molecule has 0 amide bonds. The van der Waals surface area contributed by atoms with Crippen LogP contribution in [0.2, 0.25) is 0 Å². The first kappa shape index (κ1) is 22.6. The summed E-state index contributed by atoms with van der Waals surface area (Å²) in [4.78, 5) is 16.2. The van der Waals surface area contributed by atoms with E-state index >= 15 is 0 Å². The summed E-state index contributed by atoms with van der Waals surface area (Å²) in [5, 5.41) is 0.846. The zero-order chi connectivity index (χ0) is 22.7. The fraction of sp³-hybridized carbons (Fsp3) is 0.304. The van der Waals surface area contributed by atoms with Crippen molar-refractivity contribution in [2.24, 2.45) is 0 Å². The van der Waals surface area contributed by atoms with Crippen molar-refractivity contribution in [2.75, 3.05) is 13.1 Å². The minimum absolute atomic E-state index is 0.281. The number of nitrogens with zero attached hydrogens (tertiary/aromatic N) is 3. The van der Waals surface area contributed by atoms with E-state index in [4.69, 9.17) is 4.98 Å². The van der Waals surface area contributed by atoms with Crippen LogP contribution >= 0.6 is 11.8 Å². The number of fused-ring (bicyclic) bond motifs is 1. The molecule has 0 saturated carbocycles. The molecule has 2 N–H and O–H groups in total. The Labute approximate surface area is 192 Å². The Morgan fingerprint density at radius 3 is 2.47 bits per heavy atom. The Morgan fingerprint density at radius 2 is 1.75 bits per heavy atom. The van der Waals surface area contributed by atoms with Crippen LogP contribution in [0.3, 0.4) is 0 Å². The first-order valence-corrected chi connectivity index (χ1v) is 13.0. The molecule has 168 valence electrons. The Kier molecular flexibility index (Phi) is 6.68. The molecular weight excluding hydrogens is 442 g/mol. The third-order valence-electron chi connectivity index (χ3n) is 5.37. The van der Waals surface area contributed by atoms with E-state index in [-0.39, 0.29) is 4.90 Å². The van der Waals surface area contributed by atoms with Crippen molar-refractivity contribution in [2.45, 2.75) is 43.0 Å². The molecule has 0 radical (unpaired) electrons. The van der Waals surface area contributed by atoms with Gasteiger partial charge in [0.2, 0.25) is 10.0 Å². The van der Waals surface area contributed by atoms with Crippen molar-refractivity contribution >= 4 is 32.8 Å². The molecule has 0 saturated heterocycles. The highest BCUT2D eigenvalue weighted by Crippen LogP contribution is 2.25. The van der Waals surface area contributed by atoms with Crippen molar-refractivity contribution < 1.29 is 8.42 Å². The largest absolute Gasteiger partial charge is 0.341 e. The van der Waals surface area contributed by atoms with Gasteiger partial charge in [-0.15, -0.1) is 0 Å². The SMILES string of the molecule is CCN(CC)S(=O)(=O)c1ccc2nc(CSc3nc(Cc4ccccc4)c(C)[nH]3)[nH]c2c1. The highest BCUT2D eigenvalue weighted by Gasteiger charge is 2.22. The minimum atomic E-state index is -3.50. The Hall–Kier alpha value is -2.62. The summed E-state index contributed by atoms with van der Waals surface area (Å²) < 4.78 is 27.0. The summed E-state index contributed by atoms with van der Waals surface area (Å²) in [6.07, 6.45) is 0.790. The lowest BCUT2D eigenvalue weighted by Gasteiger charge is -2.18. The van der Waals surface area contributed by atoms with Gasteiger partial charge >= 0.3 is 0 Å². The fourth-order valence-electron chi connectivity index (χ4n) is 3.62. The normalized spacial score (nSPS) is 12.1. The van der Waals surface area contributed by atoms with Crippen LogP contribution in [0.5, 0.6) is 0 Å². The molecule has 4 rings (SSSR count). The lowest BCUT2D eigenvalue weighted by atomic mass is 10.1. The topological polar surface area (TPSA) is 94.7 Å². The first-order valence-electron chi connectivity index (χ1n) is 10.6. The van der Waals surface area contributed by atoms with E-state index in [2.05, 4.69) is 27.1 Å². The lowest BCUT2D eigenvalue weighted by Crippen LogP contribution is -2.30. The quantitative estimate of drug-likeness (QED) is 0.352. The van der Waals surface area contributed by atoms with Crippen molar-refractivity contribution in [1.82, 2.24) is 24.2 Å². The molecule has 2 aromatic carbocycles. The van der Waals surface area contributed by atoms with E-state index in [1.165, 1.54) is 9.87 Å². The number of hydrogen-bond donors (Lipinski definition) is 2. The van der Waals surface area contributed by atoms with Crippen molar-refractivity contribution in [3.05, 3.63) is 71.3 Å². The summed E-state index contributed by atoms with van der Waals surface area (Å²) in [5.41, 5.74) is 4.79.